The van der Waals surface area contributed by atoms with Crippen molar-refractivity contribution in [2.45, 2.75) is 32.1 Å². The second kappa shape index (κ2) is 4.36. The van der Waals surface area contributed by atoms with E-state index in [-0.39, 0.29) is 0 Å². The van der Waals surface area contributed by atoms with Gasteiger partial charge >= 0.3 is 0 Å². The molecule has 1 aromatic carbocycles. The number of fused-ring (bicyclic) bond motifs is 1. The molecule has 0 radical (unpaired) electrons. The van der Waals surface area contributed by atoms with Gasteiger partial charge in [-0.15, -0.1) is 0 Å². The van der Waals surface area contributed by atoms with Crippen molar-refractivity contribution in [2.24, 2.45) is 5.92 Å². The van der Waals surface area contributed by atoms with Crippen LogP contribution >= 0.6 is 0 Å². The summed E-state index contributed by atoms with van der Waals surface area (Å²) in [7, 11) is 0. The number of carbonyl (C=O) groups is 1. The number of hydrogen-bond donors (Lipinski definition) is 0. The normalized spacial score (nSPS) is 17.8. The minimum atomic E-state index is 0.429. The molecule has 3 rings (SSSR count). The van der Waals surface area contributed by atoms with E-state index in [4.69, 9.17) is 4.42 Å². The molecule has 0 aliphatic heterocycles. The van der Waals surface area contributed by atoms with E-state index in [1.807, 2.05) is 24.5 Å². The Bertz CT molecular complexity index is 529. The average molecular weight is 228 g/mol. The lowest BCUT2D eigenvalue weighted by Crippen LogP contribution is -2.15. The fourth-order valence-corrected chi connectivity index (χ4v) is 2.71. The Labute approximate surface area is 101 Å². The first-order valence-electron chi connectivity index (χ1n) is 6.30. The van der Waals surface area contributed by atoms with Gasteiger partial charge in [-0.05, 0) is 36.8 Å². The van der Waals surface area contributed by atoms with Gasteiger partial charge in [0.05, 0.1) is 6.26 Å². The maximum atomic E-state index is 11.2. The Balaban J connectivity index is 1.78. The summed E-state index contributed by atoms with van der Waals surface area (Å²) in [5.74, 6) is 1.08. The fourth-order valence-electron chi connectivity index (χ4n) is 2.71. The van der Waals surface area contributed by atoms with Crippen molar-refractivity contribution in [3.8, 4) is 0 Å². The molecule has 1 aromatic heterocycles. The van der Waals surface area contributed by atoms with Crippen molar-refractivity contribution in [3.63, 3.8) is 0 Å². The van der Waals surface area contributed by atoms with Gasteiger partial charge < -0.3 is 4.42 Å². The summed E-state index contributed by atoms with van der Waals surface area (Å²) >= 11 is 0. The highest BCUT2D eigenvalue weighted by Crippen LogP contribution is 2.29. The molecule has 1 heterocycles. The van der Waals surface area contributed by atoms with E-state index in [1.54, 1.807) is 0 Å². The van der Waals surface area contributed by atoms with Crippen molar-refractivity contribution in [3.05, 3.63) is 36.1 Å². The molecular weight excluding hydrogens is 212 g/mol. The molecule has 88 valence electrons. The Hall–Kier alpha value is -1.57. The Morgan fingerprint density at radius 3 is 2.76 bits per heavy atom. The average Bonchev–Trinajstić information content (AvgIpc) is 2.76. The third-order valence-electron chi connectivity index (χ3n) is 3.73. The van der Waals surface area contributed by atoms with Gasteiger partial charge in [-0.1, -0.05) is 18.2 Å². The Morgan fingerprint density at radius 2 is 1.94 bits per heavy atom. The predicted octanol–water partition coefficient (Wildman–Crippen LogP) is 3.73. The number of rotatable bonds is 2. The van der Waals surface area contributed by atoms with Crippen molar-refractivity contribution >= 4 is 16.8 Å². The summed E-state index contributed by atoms with van der Waals surface area (Å²) < 4.78 is 5.54. The van der Waals surface area contributed by atoms with Crippen LogP contribution in [0.15, 0.2) is 34.9 Å². The number of hydrogen-bond acceptors (Lipinski definition) is 2. The highest BCUT2D eigenvalue weighted by molar-refractivity contribution is 5.81. The van der Waals surface area contributed by atoms with Gasteiger partial charge in [0.1, 0.15) is 11.4 Å². The summed E-state index contributed by atoms with van der Waals surface area (Å²) in [6.07, 6.45) is 6.53. The second-order valence-corrected chi connectivity index (χ2v) is 4.94. The maximum Gasteiger partial charge on any atom is 0.134 e. The molecule has 0 saturated heterocycles. The first-order valence-corrected chi connectivity index (χ1v) is 6.30. The van der Waals surface area contributed by atoms with E-state index in [0.717, 1.165) is 37.7 Å². The molecule has 2 heteroatoms. The van der Waals surface area contributed by atoms with Crippen LogP contribution in [0.1, 0.15) is 31.2 Å². The third-order valence-corrected chi connectivity index (χ3v) is 3.73. The molecule has 2 nitrogen and oxygen atoms in total. The Morgan fingerprint density at radius 1 is 1.18 bits per heavy atom. The van der Waals surface area contributed by atoms with Crippen LogP contribution in [-0.4, -0.2) is 5.78 Å². The lowest BCUT2D eigenvalue weighted by Gasteiger charge is -2.20. The standard InChI is InChI=1S/C15H16O2/c16-13-7-5-11(6-8-13)9-12-10-17-15-4-2-1-3-14(12)15/h1-4,10-11H,5-9H2. The first-order chi connectivity index (χ1) is 8.33. The topological polar surface area (TPSA) is 30.2 Å². The highest BCUT2D eigenvalue weighted by Gasteiger charge is 2.20. The molecule has 1 saturated carbocycles. The zero-order valence-electron chi connectivity index (χ0n) is 9.82. The van der Waals surface area contributed by atoms with Gasteiger partial charge in [-0.2, -0.15) is 0 Å². The summed E-state index contributed by atoms with van der Waals surface area (Å²) in [6, 6.07) is 8.16. The molecule has 0 bridgehead atoms. The molecule has 2 aromatic rings. The molecule has 0 amide bonds. The minimum absolute atomic E-state index is 0.429. The quantitative estimate of drug-likeness (QED) is 0.783. The van der Waals surface area contributed by atoms with E-state index in [2.05, 4.69) is 6.07 Å². The van der Waals surface area contributed by atoms with Gasteiger partial charge in [0.2, 0.25) is 0 Å². The van der Waals surface area contributed by atoms with Crippen LogP contribution in [0.5, 0.6) is 0 Å². The molecule has 0 unspecified atom stereocenters. The van der Waals surface area contributed by atoms with E-state index >= 15 is 0 Å². The third kappa shape index (κ3) is 2.12. The van der Waals surface area contributed by atoms with Crippen molar-refractivity contribution in [2.75, 3.05) is 0 Å². The summed E-state index contributed by atoms with van der Waals surface area (Å²) in [5.41, 5.74) is 2.26. The number of carbonyl (C=O) groups excluding carboxylic acids is 1. The van der Waals surface area contributed by atoms with Crippen LogP contribution in [0.4, 0.5) is 0 Å². The second-order valence-electron chi connectivity index (χ2n) is 4.94. The molecule has 1 aliphatic carbocycles. The van der Waals surface area contributed by atoms with Gasteiger partial charge in [-0.3, -0.25) is 4.79 Å². The van der Waals surface area contributed by atoms with Crippen LogP contribution < -0.4 is 0 Å². The molecule has 0 atom stereocenters. The van der Waals surface area contributed by atoms with Crippen LogP contribution in [0.3, 0.4) is 0 Å². The summed E-state index contributed by atoms with van der Waals surface area (Å²) in [4.78, 5) is 11.2. The van der Waals surface area contributed by atoms with Gasteiger partial charge in [-0.25, -0.2) is 0 Å². The van der Waals surface area contributed by atoms with E-state index in [0.29, 0.717) is 11.7 Å². The SMILES string of the molecule is O=C1CCC(Cc2coc3ccccc23)CC1. The minimum Gasteiger partial charge on any atom is -0.464 e. The van der Waals surface area contributed by atoms with Gasteiger partial charge in [0.25, 0.3) is 0 Å². The molecular formula is C15H16O2. The maximum absolute atomic E-state index is 11.2. The van der Waals surface area contributed by atoms with E-state index < -0.39 is 0 Å². The number of ketones is 1. The number of benzene rings is 1. The van der Waals surface area contributed by atoms with Crippen LogP contribution in [-0.2, 0) is 11.2 Å². The lowest BCUT2D eigenvalue weighted by molar-refractivity contribution is -0.120. The molecule has 1 fully saturated rings. The van der Waals surface area contributed by atoms with Crippen molar-refractivity contribution in [1.82, 2.24) is 0 Å². The molecule has 17 heavy (non-hydrogen) atoms. The fraction of sp³-hybridized carbons (Fsp3) is 0.400. The molecule has 0 N–H and O–H groups in total. The summed E-state index contributed by atoms with van der Waals surface area (Å²) in [6.45, 7) is 0. The predicted molar refractivity (Wildman–Crippen MR) is 66.9 cm³/mol. The zero-order valence-corrected chi connectivity index (χ0v) is 9.82. The number of furan rings is 1. The Kier molecular flexibility index (Phi) is 2.71. The van der Waals surface area contributed by atoms with E-state index in [1.165, 1.54) is 10.9 Å². The zero-order chi connectivity index (χ0) is 11.7. The largest absolute Gasteiger partial charge is 0.464 e. The van der Waals surface area contributed by atoms with Crippen LogP contribution in [0.2, 0.25) is 0 Å². The first kappa shape index (κ1) is 10.6. The van der Waals surface area contributed by atoms with Crippen LogP contribution in [0, 0.1) is 5.92 Å². The monoisotopic (exact) mass is 228 g/mol. The smallest absolute Gasteiger partial charge is 0.134 e. The molecule has 1 aliphatic rings. The molecule has 0 spiro atoms. The van der Waals surface area contributed by atoms with E-state index in [9.17, 15) is 4.79 Å². The van der Waals surface area contributed by atoms with Crippen molar-refractivity contribution < 1.29 is 9.21 Å². The van der Waals surface area contributed by atoms with Gasteiger partial charge in [0, 0.05) is 18.2 Å². The highest BCUT2D eigenvalue weighted by atomic mass is 16.3. The van der Waals surface area contributed by atoms with Crippen molar-refractivity contribution in [1.29, 1.82) is 0 Å². The number of para-hydroxylation sites is 1. The number of Topliss-reactive ketones (excluding diaryl/α,β-unsaturated/α-hetero) is 1. The van der Waals surface area contributed by atoms with Crippen LogP contribution in [0.25, 0.3) is 11.0 Å². The van der Waals surface area contributed by atoms with Gasteiger partial charge in [0.15, 0.2) is 0 Å². The lowest BCUT2D eigenvalue weighted by atomic mass is 9.84. The summed E-state index contributed by atoms with van der Waals surface area (Å²) in [5, 5.41) is 1.23.